The summed E-state index contributed by atoms with van der Waals surface area (Å²) in [5.41, 5.74) is 9.40. The molecule has 2 nitrogen and oxygen atoms in total. The van der Waals surface area contributed by atoms with Gasteiger partial charge in [-0.25, -0.2) is 0 Å². The van der Waals surface area contributed by atoms with Gasteiger partial charge in [0.05, 0.1) is 12.8 Å². The maximum atomic E-state index is 5.84. The molecule has 0 radical (unpaired) electrons. The molecule has 1 atom stereocenters. The highest BCUT2D eigenvalue weighted by molar-refractivity contribution is 5.58. The van der Waals surface area contributed by atoms with Gasteiger partial charge in [0.25, 0.3) is 0 Å². The lowest BCUT2D eigenvalue weighted by atomic mass is 10.0. The normalized spacial score (nSPS) is 15.6. The maximum absolute atomic E-state index is 5.84. The van der Waals surface area contributed by atoms with Gasteiger partial charge in [0.15, 0.2) is 0 Å². The summed E-state index contributed by atoms with van der Waals surface area (Å²) in [5, 5.41) is 0. The fourth-order valence-electron chi connectivity index (χ4n) is 2.04. The van der Waals surface area contributed by atoms with Crippen molar-refractivity contribution in [1.82, 2.24) is 0 Å². The number of ether oxygens (including phenoxy) is 1. The molecule has 0 saturated carbocycles. The Morgan fingerprint density at radius 2 is 1.79 bits per heavy atom. The number of benzene rings is 1. The van der Waals surface area contributed by atoms with Crippen LogP contribution < -0.4 is 10.5 Å². The summed E-state index contributed by atoms with van der Waals surface area (Å²) >= 11 is 0. The standard InChI is InChI=1S/C11H15NO.C4H10.C2H6/c1-7-3-4-8-5-11(13-2)10(12)6-9(7)8;1-3-4-2;1-2/h5-7H,3-4,12H2,1-2H3;3-4H2,1-2H3;1-2H3. The molecule has 0 heterocycles. The molecule has 110 valence electrons. The van der Waals surface area contributed by atoms with Crippen molar-refractivity contribution in [1.29, 1.82) is 0 Å². The molecule has 0 bridgehead atoms. The Bertz CT molecular complexity index is 359. The van der Waals surface area contributed by atoms with Gasteiger partial charge in [-0.2, -0.15) is 0 Å². The van der Waals surface area contributed by atoms with Crippen molar-refractivity contribution in [3.63, 3.8) is 0 Å². The van der Waals surface area contributed by atoms with Crippen LogP contribution in [0.1, 0.15) is 70.9 Å². The zero-order chi connectivity index (χ0) is 14.8. The molecule has 1 aromatic carbocycles. The Morgan fingerprint density at radius 1 is 1.21 bits per heavy atom. The van der Waals surface area contributed by atoms with Gasteiger partial charge in [-0.3, -0.25) is 0 Å². The van der Waals surface area contributed by atoms with Crippen molar-refractivity contribution in [2.75, 3.05) is 12.8 Å². The second-order valence-electron chi connectivity index (χ2n) is 4.73. The number of anilines is 1. The molecule has 1 aliphatic rings. The van der Waals surface area contributed by atoms with Gasteiger partial charge in [-0.05, 0) is 42.0 Å². The van der Waals surface area contributed by atoms with Crippen molar-refractivity contribution in [2.45, 2.75) is 66.2 Å². The molecule has 0 saturated heterocycles. The molecule has 0 fully saturated rings. The second kappa shape index (κ2) is 9.71. The predicted molar refractivity (Wildman–Crippen MR) is 86.1 cm³/mol. The Labute approximate surface area is 119 Å². The van der Waals surface area contributed by atoms with Gasteiger partial charge in [-0.1, -0.05) is 47.5 Å². The zero-order valence-corrected chi connectivity index (χ0v) is 13.5. The van der Waals surface area contributed by atoms with Crippen LogP contribution in [0.5, 0.6) is 5.75 Å². The number of nitrogen functional groups attached to an aromatic ring is 1. The van der Waals surface area contributed by atoms with Gasteiger partial charge in [0.1, 0.15) is 5.75 Å². The highest BCUT2D eigenvalue weighted by Crippen LogP contribution is 2.37. The lowest BCUT2D eigenvalue weighted by molar-refractivity contribution is 0.416. The summed E-state index contributed by atoms with van der Waals surface area (Å²) in [4.78, 5) is 0. The fourth-order valence-corrected chi connectivity index (χ4v) is 2.04. The summed E-state index contributed by atoms with van der Waals surface area (Å²) in [6, 6.07) is 4.14. The van der Waals surface area contributed by atoms with E-state index in [9.17, 15) is 0 Å². The van der Waals surface area contributed by atoms with E-state index >= 15 is 0 Å². The van der Waals surface area contributed by atoms with Crippen LogP contribution in [0.25, 0.3) is 0 Å². The lowest BCUT2D eigenvalue weighted by Crippen LogP contribution is -1.96. The van der Waals surface area contributed by atoms with Crippen molar-refractivity contribution in [2.24, 2.45) is 0 Å². The minimum Gasteiger partial charge on any atom is -0.495 e. The number of aryl methyl sites for hydroxylation is 1. The van der Waals surface area contributed by atoms with Gasteiger partial charge < -0.3 is 10.5 Å². The third-order valence-electron chi connectivity index (χ3n) is 3.37. The Balaban J connectivity index is 0.000000467. The highest BCUT2D eigenvalue weighted by atomic mass is 16.5. The van der Waals surface area contributed by atoms with E-state index in [-0.39, 0.29) is 0 Å². The van der Waals surface area contributed by atoms with Crippen molar-refractivity contribution in [3.05, 3.63) is 23.3 Å². The van der Waals surface area contributed by atoms with Crippen LogP contribution in [0.3, 0.4) is 0 Å². The average molecular weight is 265 g/mol. The van der Waals surface area contributed by atoms with E-state index in [2.05, 4.69) is 32.9 Å². The first-order valence-electron chi connectivity index (χ1n) is 7.60. The molecule has 0 amide bonds. The highest BCUT2D eigenvalue weighted by Gasteiger charge is 2.20. The van der Waals surface area contributed by atoms with Crippen molar-refractivity contribution >= 4 is 5.69 Å². The lowest BCUT2D eigenvalue weighted by Gasteiger charge is -2.09. The molecule has 0 spiro atoms. The first-order valence-corrected chi connectivity index (χ1v) is 7.60. The predicted octanol–water partition coefficient (Wildman–Crippen LogP) is 5.16. The number of methoxy groups -OCH3 is 1. The summed E-state index contributed by atoms with van der Waals surface area (Å²) in [5.74, 6) is 1.47. The number of fused-ring (bicyclic) bond motifs is 1. The van der Waals surface area contributed by atoms with Crippen LogP contribution in [0, 0.1) is 0 Å². The minimum atomic E-state index is 0.656. The summed E-state index contributed by atoms with van der Waals surface area (Å²) in [6.07, 6.45) is 5.04. The number of hydrogen-bond donors (Lipinski definition) is 1. The molecule has 0 aliphatic heterocycles. The number of nitrogens with two attached hydrogens (primary N) is 1. The van der Waals surface area contributed by atoms with E-state index in [4.69, 9.17) is 10.5 Å². The zero-order valence-electron chi connectivity index (χ0n) is 13.5. The summed E-state index contributed by atoms with van der Waals surface area (Å²) in [7, 11) is 1.66. The molecule has 1 unspecified atom stereocenters. The Morgan fingerprint density at radius 3 is 2.26 bits per heavy atom. The largest absolute Gasteiger partial charge is 0.495 e. The molecule has 1 aromatic rings. The SMILES string of the molecule is CC.CCCC.COc1cc2c(cc1N)C(C)CC2. The quantitative estimate of drug-likeness (QED) is 0.750. The molecule has 2 rings (SSSR count). The molecule has 2 heteroatoms. The Hall–Kier alpha value is -1.18. The van der Waals surface area contributed by atoms with Crippen LogP contribution in [0.2, 0.25) is 0 Å². The van der Waals surface area contributed by atoms with Crippen LogP contribution >= 0.6 is 0 Å². The van der Waals surface area contributed by atoms with Crippen molar-refractivity contribution < 1.29 is 4.74 Å². The van der Waals surface area contributed by atoms with Crippen LogP contribution in [0.15, 0.2) is 12.1 Å². The van der Waals surface area contributed by atoms with E-state index < -0.39 is 0 Å². The number of hydrogen-bond acceptors (Lipinski definition) is 2. The molecular formula is C17H31NO. The topological polar surface area (TPSA) is 35.2 Å². The van der Waals surface area contributed by atoms with E-state index in [0.717, 1.165) is 17.9 Å². The molecule has 19 heavy (non-hydrogen) atoms. The van der Waals surface area contributed by atoms with E-state index in [1.807, 2.05) is 13.8 Å². The average Bonchev–Trinajstić information content (AvgIpc) is 2.81. The summed E-state index contributed by atoms with van der Waals surface area (Å²) in [6.45, 7) is 10.6. The van der Waals surface area contributed by atoms with E-state index in [0.29, 0.717) is 5.92 Å². The smallest absolute Gasteiger partial charge is 0.142 e. The summed E-state index contributed by atoms with van der Waals surface area (Å²) < 4.78 is 5.18. The molecule has 2 N–H and O–H groups in total. The second-order valence-corrected chi connectivity index (χ2v) is 4.73. The number of unbranched alkanes of at least 4 members (excludes halogenated alkanes) is 1. The molecular weight excluding hydrogens is 234 g/mol. The first kappa shape index (κ1) is 17.8. The first-order chi connectivity index (χ1) is 9.13. The molecule has 1 aliphatic carbocycles. The van der Waals surface area contributed by atoms with Crippen LogP contribution in [0.4, 0.5) is 5.69 Å². The van der Waals surface area contributed by atoms with Gasteiger partial charge in [-0.15, -0.1) is 0 Å². The van der Waals surface area contributed by atoms with Gasteiger partial charge in [0, 0.05) is 0 Å². The fraction of sp³-hybridized carbons (Fsp3) is 0.647. The van der Waals surface area contributed by atoms with Gasteiger partial charge in [0.2, 0.25) is 0 Å². The molecule has 0 aromatic heterocycles. The van der Waals surface area contributed by atoms with Gasteiger partial charge >= 0.3 is 0 Å². The van der Waals surface area contributed by atoms with Crippen LogP contribution in [-0.2, 0) is 6.42 Å². The number of rotatable bonds is 2. The third kappa shape index (κ3) is 5.14. The van der Waals surface area contributed by atoms with E-state index in [1.54, 1.807) is 7.11 Å². The van der Waals surface area contributed by atoms with Crippen molar-refractivity contribution in [3.8, 4) is 5.75 Å². The van der Waals surface area contributed by atoms with E-state index in [1.165, 1.54) is 30.4 Å². The Kier molecular flexibility index (Phi) is 9.11. The third-order valence-corrected chi connectivity index (χ3v) is 3.37. The minimum absolute atomic E-state index is 0.656. The van der Waals surface area contributed by atoms with Crippen LogP contribution in [-0.4, -0.2) is 7.11 Å². The maximum Gasteiger partial charge on any atom is 0.142 e. The monoisotopic (exact) mass is 265 g/mol.